The van der Waals surface area contributed by atoms with Crippen molar-refractivity contribution in [2.24, 2.45) is 0 Å². The van der Waals surface area contributed by atoms with E-state index < -0.39 is 10.0 Å². The summed E-state index contributed by atoms with van der Waals surface area (Å²) < 4.78 is 27.0. The second-order valence-electron chi connectivity index (χ2n) is 4.73. The highest BCUT2D eigenvalue weighted by molar-refractivity contribution is 7.89. The van der Waals surface area contributed by atoms with Gasteiger partial charge in [0.25, 0.3) is 5.91 Å². The van der Waals surface area contributed by atoms with Gasteiger partial charge in [0.05, 0.1) is 11.4 Å². The van der Waals surface area contributed by atoms with E-state index in [1.807, 2.05) is 13.8 Å². The predicted octanol–water partition coefficient (Wildman–Crippen LogP) is 0.320. The van der Waals surface area contributed by atoms with Gasteiger partial charge in [-0.2, -0.15) is 0 Å². The van der Waals surface area contributed by atoms with Crippen LogP contribution in [0.5, 0.6) is 0 Å². The maximum atomic E-state index is 12.0. The molecule has 1 aromatic heterocycles. The highest BCUT2D eigenvalue weighted by atomic mass is 32.2. The van der Waals surface area contributed by atoms with E-state index >= 15 is 0 Å². The molecule has 0 aliphatic carbocycles. The molecule has 0 spiro atoms. The number of hydrogen-bond acceptors (Lipinski definition) is 4. The Bertz CT molecular complexity index is 563. The molecule has 0 saturated heterocycles. The fraction of sp³-hybridized carbons (Fsp3) is 0.583. The van der Waals surface area contributed by atoms with Gasteiger partial charge in [0.15, 0.2) is 0 Å². The Morgan fingerprint density at radius 3 is 2.65 bits per heavy atom. The number of hydrogen-bond donors (Lipinski definition) is 3. The summed E-state index contributed by atoms with van der Waals surface area (Å²) >= 11 is 0. The third kappa shape index (κ3) is 4.53. The average molecular weight is 302 g/mol. The minimum Gasteiger partial charge on any atom is -0.397 e. The van der Waals surface area contributed by atoms with Crippen LogP contribution in [0.25, 0.3) is 0 Å². The lowest BCUT2D eigenvalue weighted by atomic mass is 10.3. The van der Waals surface area contributed by atoms with Crippen LogP contribution < -0.4 is 15.8 Å². The first-order valence-electron chi connectivity index (χ1n) is 6.49. The van der Waals surface area contributed by atoms with Crippen molar-refractivity contribution in [3.63, 3.8) is 0 Å². The van der Waals surface area contributed by atoms with Gasteiger partial charge in [0, 0.05) is 25.3 Å². The van der Waals surface area contributed by atoms with Crippen LogP contribution in [0.4, 0.5) is 5.69 Å². The Hall–Kier alpha value is -1.54. The Morgan fingerprint density at radius 1 is 1.45 bits per heavy atom. The lowest BCUT2D eigenvalue weighted by Crippen LogP contribution is -2.35. The third-order valence-corrected chi connectivity index (χ3v) is 4.15. The van der Waals surface area contributed by atoms with Crippen molar-refractivity contribution in [3.8, 4) is 0 Å². The van der Waals surface area contributed by atoms with Gasteiger partial charge in [-0.25, -0.2) is 13.1 Å². The highest BCUT2D eigenvalue weighted by Crippen LogP contribution is 2.16. The number of rotatable bonds is 7. The van der Waals surface area contributed by atoms with Crippen molar-refractivity contribution < 1.29 is 13.2 Å². The van der Waals surface area contributed by atoms with Crippen LogP contribution in [0, 0.1) is 0 Å². The number of carbonyl (C=O) groups excluding carboxylic acids is 1. The number of carbonyl (C=O) groups is 1. The lowest BCUT2D eigenvalue weighted by molar-refractivity contribution is 0.0945. The van der Waals surface area contributed by atoms with Gasteiger partial charge in [-0.3, -0.25) is 4.79 Å². The van der Waals surface area contributed by atoms with E-state index in [1.54, 1.807) is 23.8 Å². The quantitative estimate of drug-likeness (QED) is 0.674. The standard InChI is InChI=1S/C12H22N4O3S/c1-4-15-20(18,19)6-5-14-12(17)11-7-10(13)8-16(11)9(2)3/h7-9,15H,4-6,13H2,1-3H3,(H,14,17). The number of nitrogens with zero attached hydrogens (tertiary/aromatic N) is 1. The molecule has 4 N–H and O–H groups in total. The number of amides is 1. The van der Waals surface area contributed by atoms with Crippen LogP contribution in [-0.2, 0) is 10.0 Å². The van der Waals surface area contributed by atoms with Crippen molar-refractivity contribution in [1.82, 2.24) is 14.6 Å². The Morgan fingerprint density at radius 2 is 2.10 bits per heavy atom. The maximum Gasteiger partial charge on any atom is 0.268 e. The van der Waals surface area contributed by atoms with Gasteiger partial charge in [0.2, 0.25) is 10.0 Å². The van der Waals surface area contributed by atoms with Gasteiger partial charge in [0.1, 0.15) is 5.69 Å². The monoisotopic (exact) mass is 302 g/mol. The summed E-state index contributed by atoms with van der Waals surface area (Å²) in [4.78, 5) is 12.0. The van der Waals surface area contributed by atoms with Crippen LogP contribution in [-0.4, -0.2) is 37.7 Å². The molecule has 114 valence electrons. The summed E-state index contributed by atoms with van der Waals surface area (Å²) in [6.45, 7) is 5.96. The summed E-state index contributed by atoms with van der Waals surface area (Å²) in [5.41, 5.74) is 6.62. The van der Waals surface area contributed by atoms with Gasteiger partial charge >= 0.3 is 0 Å². The average Bonchev–Trinajstić information content (AvgIpc) is 2.71. The first kappa shape index (κ1) is 16.5. The molecule has 1 rings (SSSR count). The van der Waals surface area contributed by atoms with Crippen molar-refractivity contribution >= 4 is 21.6 Å². The van der Waals surface area contributed by atoms with E-state index in [0.29, 0.717) is 17.9 Å². The molecule has 0 fully saturated rings. The van der Waals surface area contributed by atoms with E-state index in [4.69, 9.17) is 5.73 Å². The molecule has 1 aromatic rings. The maximum absolute atomic E-state index is 12.0. The van der Waals surface area contributed by atoms with E-state index in [-0.39, 0.29) is 24.2 Å². The van der Waals surface area contributed by atoms with E-state index in [9.17, 15) is 13.2 Å². The Balaban J connectivity index is 2.64. The van der Waals surface area contributed by atoms with E-state index in [0.717, 1.165) is 0 Å². The largest absolute Gasteiger partial charge is 0.397 e. The van der Waals surface area contributed by atoms with E-state index in [1.165, 1.54) is 0 Å². The molecule has 0 aliphatic heterocycles. The van der Waals surface area contributed by atoms with Crippen LogP contribution in [0.2, 0.25) is 0 Å². The first-order chi connectivity index (χ1) is 9.26. The van der Waals surface area contributed by atoms with Gasteiger partial charge in [-0.1, -0.05) is 6.92 Å². The molecule has 20 heavy (non-hydrogen) atoms. The first-order valence-corrected chi connectivity index (χ1v) is 8.15. The van der Waals surface area contributed by atoms with Crippen LogP contribution >= 0.6 is 0 Å². The number of nitrogens with one attached hydrogen (secondary N) is 2. The molecule has 0 saturated carbocycles. The number of aromatic nitrogens is 1. The number of sulfonamides is 1. The topological polar surface area (TPSA) is 106 Å². The molecule has 8 heteroatoms. The molecule has 0 bridgehead atoms. The molecule has 0 aliphatic rings. The van der Waals surface area contributed by atoms with Gasteiger partial charge < -0.3 is 15.6 Å². The van der Waals surface area contributed by atoms with Crippen molar-refractivity contribution in [1.29, 1.82) is 0 Å². The zero-order chi connectivity index (χ0) is 15.3. The van der Waals surface area contributed by atoms with Crippen LogP contribution in [0.3, 0.4) is 0 Å². The zero-order valence-electron chi connectivity index (χ0n) is 12.0. The summed E-state index contributed by atoms with van der Waals surface area (Å²) in [6.07, 6.45) is 1.69. The predicted molar refractivity (Wildman–Crippen MR) is 79.0 cm³/mol. The van der Waals surface area contributed by atoms with Crippen molar-refractivity contribution in [3.05, 3.63) is 18.0 Å². The van der Waals surface area contributed by atoms with Crippen molar-refractivity contribution in [2.45, 2.75) is 26.8 Å². The van der Waals surface area contributed by atoms with Gasteiger partial charge in [-0.05, 0) is 19.9 Å². The molecular weight excluding hydrogens is 280 g/mol. The zero-order valence-corrected chi connectivity index (χ0v) is 12.8. The molecule has 1 heterocycles. The third-order valence-electron chi connectivity index (χ3n) is 2.68. The summed E-state index contributed by atoms with van der Waals surface area (Å²) in [5, 5.41) is 2.59. The summed E-state index contributed by atoms with van der Waals surface area (Å²) in [6, 6.07) is 1.67. The second-order valence-corrected chi connectivity index (χ2v) is 6.66. The van der Waals surface area contributed by atoms with Crippen molar-refractivity contribution in [2.75, 3.05) is 24.6 Å². The normalized spacial score (nSPS) is 11.8. The van der Waals surface area contributed by atoms with E-state index in [2.05, 4.69) is 10.0 Å². The van der Waals surface area contributed by atoms with Gasteiger partial charge in [-0.15, -0.1) is 0 Å². The number of nitrogen functional groups attached to an aromatic ring is 1. The fourth-order valence-corrected chi connectivity index (χ4v) is 2.75. The lowest BCUT2D eigenvalue weighted by Gasteiger charge is -2.12. The number of anilines is 1. The van der Waals surface area contributed by atoms with Crippen LogP contribution in [0.1, 0.15) is 37.3 Å². The molecule has 0 unspecified atom stereocenters. The Kier molecular flexibility index (Phi) is 5.58. The molecule has 0 atom stereocenters. The highest BCUT2D eigenvalue weighted by Gasteiger charge is 2.15. The second kappa shape index (κ2) is 6.76. The molecule has 7 nitrogen and oxygen atoms in total. The molecule has 0 aromatic carbocycles. The minimum atomic E-state index is -3.33. The number of nitrogens with two attached hydrogens (primary N) is 1. The summed E-state index contributed by atoms with van der Waals surface area (Å²) in [5.74, 6) is -0.480. The molecule has 1 amide bonds. The Labute approximate surface area is 119 Å². The SMILES string of the molecule is CCNS(=O)(=O)CCNC(=O)c1cc(N)cn1C(C)C. The smallest absolute Gasteiger partial charge is 0.268 e. The molecule has 0 radical (unpaired) electrons. The molecular formula is C12H22N4O3S. The summed E-state index contributed by atoms with van der Waals surface area (Å²) in [7, 11) is -3.33. The van der Waals surface area contributed by atoms with Crippen LogP contribution in [0.15, 0.2) is 12.3 Å². The fourth-order valence-electron chi connectivity index (χ4n) is 1.79. The minimum absolute atomic E-state index is 0.0529.